The first kappa shape index (κ1) is 12.3. The van der Waals surface area contributed by atoms with E-state index in [4.69, 9.17) is 0 Å². The Labute approximate surface area is 93.5 Å². The summed E-state index contributed by atoms with van der Waals surface area (Å²) in [5, 5.41) is 0. The maximum Gasteiger partial charge on any atom is 0.108 e. The molecule has 0 aliphatic rings. The van der Waals surface area contributed by atoms with E-state index in [-0.39, 0.29) is 0 Å². The van der Waals surface area contributed by atoms with Gasteiger partial charge in [-0.25, -0.2) is 4.98 Å². The second-order valence-electron chi connectivity index (χ2n) is 5.09. The Bertz CT molecular complexity index is 274. The van der Waals surface area contributed by atoms with E-state index in [1.807, 2.05) is 6.20 Å². The van der Waals surface area contributed by atoms with Gasteiger partial charge in [-0.3, -0.25) is 0 Å². The van der Waals surface area contributed by atoms with E-state index in [2.05, 4.69) is 37.7 Å². The lowest BCUT2D eigenvalue weighted by Gasteiger charge is -2.03. The number of nitrogens with one attached hydrogen (secondary N) is 1. The summed E-state index contributed by atoms with van der Waals surface area (Å²) >= 11 is 0. The van der Waals surface area contributed by atoms with E-state index in [1.54, 1.807) is 0 Å². The molecule has 2 nitrogen and oxygen atoms in total. The van der Waals surface area contributed by atoms with Crippen LogP contribution in [0.1, 0.15) is 64.4 Å². The highest BCUT2D eigenvalue weighted by molar-refractivity contribution is 5.04. The highest BCUT2D eigenvalue weighted by Gasteiger charge is 2.04. The van der Waals surface area contributed by atoms with Crippen molar-refractivity contribution < 1.29 is 0 Å². The minimum Gasteiger partial charge on any atom is -0.346 e. The monoisotopic (exact) mass is 208 g/mol. The maximum atomic E-state index is 4.37. The topological polar surface area (TPSA) is 28.7 Å². The zero-order valence-corrected chi connectivity index (χ0v) is 10.5. The molecule has 0 fully saturated rings. The van der Waals surface area contributed by atoms with Crippen LogP contribution in [0.4, 0.5) is 0 Å². The third-order valence-corrected chi connectivity index (χ3v) is 2.67. The molecule has 0 unspecified atom stereocenters. The third kappa shape index (κ3) is 4.50. The standard InChI is InChI=1S/C13H24N2/c1-10(2)7-5-6-8-12-9-14-13(15-12)11(3)4/h9-11H,5-8H2,1-4H3,(H,14,15). The van der Waals surface area contributed by atoms with Gasteiger partial charge < -0.3 is 4.98 Å². The Morgan fingerprint density at radius 2 is 1.93 bits per heavy atom. The van der Waals surface area contributed by atoms with Crippen LogP contribution in [0, 0.1) is 5.92 Å². The van der Waals surface area contributed by atoms with Crippen LogP contribution in [0.25, 0.3) is 0 Å². The second kappa shape index (κ2) is 5.94. The van der Waals surface area contributed by atoms with Crippen molar-refractivity contribution in [3.63, 3.8) is 0 Å². The molecular formula is C13H24N2. The average molecular weight is 208 g/mol. The van der Waals surface area contributed by atoms with Gasteiger partial charge in [-0.15, -0.1) is 0 Å². The molecule has 0 atom stereocenters. The van der Waals surface area contributed by atoms with E-state index in [1.165, 1.54) is 25.0 Å². The molecule has 86 valence electrons. The number of H-pyrrole nitrogens is 1. The van der Waals surface area contributed by atoms with Crippen LogP contribution in [0.5, 0.6) is 0 Å². The number of rotatable bonds is 6. The van der Waals surface area contributed by atoms with Gasteiger partial charge >= 0.3 is 0 Å². The number of aromatic nitrogens is 2. The molecule has 0 aromatic carbocycles. The fraction of sp³-hybridized carbons (Fsp3) is 0.769. The predicted molar refractivity (Wildman–Crippen MR) is 65.1 cm³/mol. The molecular weight excluding hydrogens is 184 g/mol. The third-order valence-electron chi connectivity index (χ3n) is 2.67. The number of aromatic amines is 1. The van der Waals surface area contributed by atoms with Crippen molar-refractivity contribution >= 4 is 0 Å². The number of hydrogen-bond donors (Lipinski definition) is 1. The SMILES string of the molecule is CC(C)CCCCc1cnc(C(C)C)[nH]1. The first-order chi connectivity index (χ1) is 7.09. The minimum absolute atomic E-state index is 0.509. The van der Waals surface area contributed by atoms with E-state index in [9.17, 15) is 0 Å². The lowest BCUT2D eigenvalue weighted by molar-refractivity contribution is 0.536. The number of imidazole rings is 1. The molecule has 0 aliphatic carbocycles. The normalized spacial score (nSPS) is 11.6. The summed E-state index contributed by atoms with van der Waals surface area (Å²) in [6.07, 6.45) is 7.08. The first-order valence-corrected chi connectivity index (χ1v) is 6.13. The molecule has 15 heavy (non-hydrogen) atoms. The van der Waals surface area contributed by atoms with Crippen LogP contribution >= 0.6 is 0 Å². The summed E-state index contributed by atoms with van der Waals surface area (Å²) in [6.45, 7) is 8.91. The quantitative estimate of drug-likeness (QED) is 0.706. The van der Waals surface area contributed by atoms with Gasteiger partial charge in [0.25, 0.3) is 0 Å². The average Bonchev–Trinajstić information content (AvgIpc) is 2.60. The summed E-state index contributed by atoms with van der Waals surface area (Å²) in [6, 6.07) is 0. The smallest absolute Gasteiger partial charge is 0.108 e. The van der Waals surface area contributed by atoms with Crippen LogP contribution < -0.4 is 0 Å². The summed E-state index contributed by atoms with van der Waals surface area (Å²) < 4.78 is 0. The molecule has 1 rings (SSSR count). The van der Waals surface area contributed by atoms with E-state index >= 15 is 0 Å². The Morgan fingerprint density at radius 3 is 2.47 bits per heavy atom. The van der Waals surface area contributed by atoms with E-state index < -0.39 is 0 Å². The second-order valence-corrected chi connectivity index (χ2v) is 5.09. The Balaban J connectivity index is 2.26. The van der Waals surface area contributed by atoms with Crippen LogP contribution in [0.2, 0.25) is 0 Å². The predicted octanol–water partition coefficient (Wildman–Crippen LogP) is 3.90. The number of nitrogens with zero attached hydrogens (tertiary/aromatic N) is 1. The molecule has 1 heterocycles. The lowest BCUT2D eigenvalue weighted by atomic mass is 10.0. The first-order valence-electron chi connectivity index (χ1n) is 6.13. The largest absolute Gasteiger partial charge is 0.346 e. The van der Waals surface area contributed by atoms with Crippen molar-refractivity contribution in [3.8, 4) is 0 Å². The van der Waals surface area contributed by atoms with Gasteiger partial charge in [0.05, 0.1) is 0 Å². The van der Waals surface area contributed by atoms with Crippen molar-refractivity contribution in [1.82, 2.24) is 9.97 Å². The van der Waals surface area contributed by atoms with E-state index in [0.717, 1.165) is 18.2 Å². The zero-order valence-electron chi connectivity index (χ0n) is 10.5. The van der Waals surface area contributed by atoms with Gasteiger partial charge in [-0.05, 0) is 18.8 Å². The molecule has 0 radical (unpaired) electrons. The van der Waals surface area contributed by atoms with Gasteiger partial charge in [0.15, 0.2) is 0 Å². The molecule has 0 amide bonds. The van der Waals surface area contributed by atoms with E-state index in [0.29, 0.717) is 5.92 Å². The van der Waals surface area contributed by atoms with Crippen LogP contribution in [0.15, 0.2) is 6.20 Å². The minimum atomic E-state index is 0.509. The van der Waals surface area contributed by atoms with Crippen molar-refractivity contribution in [1.29, 1.82) is 0 Å². The molecule has 1 N–H and O–H groups in total. The van der Waals surface area contributed by atoms with Gasteiger partial charge in [0.2, 0.25) is 0 Å². The summed E-state index contributed by atoms with van der Waals surface area (Å²) in [5.41, 5.74) is 1.29. The van der Waals surface area contributed by atoms with Crippen LogP contribution in [-0.4, -0.2) is 9.97 Å². The summed E-state index contributed by atoms with van der Waals surface area (Å²) in [7, 11) is 0. The Kier molecular flexibility index (Phi) is 4.86. The Hall–Kier alpha value is -0.790. The van der Waals surface area contributed by atoms with Crippen LogP contribution in [0.3, 0.4) is 0 Å². The Morgan fingerprint density at radius 1 is 1.20 bits per heavy atom. The maximum absolute atomic E-state index is 4.37. The fourth-order valence-corrected chi connectivity index (χ4v) is 1.67. The fourth-order valence-electron chi connectivity index (χ4n) is 1.67. The summed E-state index contributed by atoms with van der Waals surface area (Å²) in [4.78, 5) is 7.76. The zero-order chi connectivity index (χ0) is 11.3. The number of hydrogen-bond acceptors (Lipinski definition) is 1. The molecule has 1 aromatic heterocycles. The van der Waals surface area contributed by atoms with Gasteiger partial charge in [-0.1, -0.05) is 40.5 Å². The lowest BCUT2D eigenvalue weighted by Crippen LogP contribution is -1.92. The highest BCUT2D eigenvalue weighted by atomic mass is 14.9. The molecule has 0 saturated heterocycles. The molecule has 1 aromatic rings. The van der Waals surface area contributed by atoms with Crippen molar-refractivity contribution in [2.24, 2.45) is 5.92 Å². The molecule has 0 bridgehead atoms. The summed E-state index contributed by atoms with van der Waals surface area (Å²) in [5.74, 6) is 2.46. The highest BCUT2D eigenvalue weighted by Crippen LogP contribution is 2.13. The van der Waals surface area contributed by atoms with Gasteiger partial charge in [-0.2, -0.15) is 0 Å². The molecule has 0 saturated carbocycles. The molecule has 2 heteroatoms. The number of unbranched alkanes of at least 4 members (excludes halogenated alkanes) is 1. The molecule has 0 spiro atoms. The van der Waals surface area contributed by atoms with Crippen molar-refractivity contribution in [3.05, 3.63) is 17.7 Å². The number of aryl methyl sites for hydroxylation is 1. The van der Waals surface area contributed by atoms with Crippen molar-refractivity contribution in [2.45, 2.75) is 59.3 Å². The van der Waals surface area contributed by atoms with Crippen molar-refractivity contribution in [2.75, 3.05) is 0 Å². The van der Waals surface area contributed by atoms with Gasteiger partial charge in [0, 0.05) is 17.8 Å². The van der Waals surface area contributed by atoms with Crippen LogP contribution in [-0.2, 0) is 6.42 Å². The molecule has 0 aliphatic heterocycles. The van der Waals surface area contributed by atoms with Gasteiger partial charge in [0.1, 0.15) is 5.82 Å².